The van der Waals surface area contributed by atoms with Crippen LogP contribution in [0.5, 0.6) is 0 Å². The van der Waals surface area contributed by atoms with Crippen LogP contribution < -0.4 is 5.32 Å². The number of hydrogen-bond donors (Lipinski definition) is 1. The molecule has 0 unspecified atom stereocenters. The third kappa shape index (κ3) is 10.1. The van der Waals surface area contributed by atoms with Gasteiger partial charge in [0.1, 0.15) is 0 Å². The zero-order valence-electron chi connectivity index (χ0n) is 9.28. The summed E-state index contributed by atoms with van der Waals surface area (Å²) in [5.41, 5.74) is 0. The average molecular weight is 274 g/mol. The lowest BCUT2D eigenvalue weighted by molar-refractivity contribution is -0.173. The summed E-state index contributed by atoms with van der Waals surface area (Å²) >= 11 is 5.12. The van der Waals surface area contributed by atoms with Gasteiger partial charge in [-0.25, -0.2) is 0 Å². The lowest BCUT2D eigenvalue weighted by Gasteiger charge is -2.07. The standard InChI is InChI=1S/C10H15ClF3NO2/c11-8(16)6-4-2-1-3-5-7-15-9(17)10(12,13)14/h1-7H2,(H,15,17). The highest BCUT2D eigenvalue weighted by molar-refractivity contribution is 6.63. The van der Waals surface area contributed by atoms with Crippen molar-refractivity contribution >= 4 is 22.8 Å². The molecule has 1 amide bonds. The molecule has 0 saturated carbocycles. The summed E-state index contributed by atoms with van der Waals surface area (Å²) in [6.07, 6.45) is -0.951. The first-order valence-corrected chi connectivity index (χ1v) is 5.75. The maximum atomic E-state index is 11.7. The van der Waals surface area contributed by atoms with E-state index in [1.807, 2.05) is 0 Å². The van der Waals surface area contributed by atoms with E-state index in [0.717, 1.165) is 12.8 Å². The van der Waals surface area contributed by atoms with Crippen LogP contribution in [0, 0.1) is 0 Å². The minimum Gasteiger partial charge on any atom is -0.348 e. The van der Waals surface area contributed by atoms with Crippen molar-refractivity contribution in [3.63, 3.8) is 0 Å². The predicted molar refractivity (Wildman–Crippen MR) is 57.6 cm³/mol. The first-order valence-electron chi connectivity index (χ1n) is 5.37. The lowest BCUT2D eigenvalue weighted by atomic mass is 10.1. The van der Waals surface area contributed by atoms with Gasteiger partial charge in [-0.3, -0.25) is 9.59 Å². The summed E-state index contributed by atoms with van der Waals surface area (Å²) in [6.45, 7) is 0.0206. The van der Waals surface area contributed by atoms with Crippen molar-refractivity contribution in [1.29, 1.82) is 0 Å². The number of carbonyl (C=O) groups excluding carboxylic acids is 2. The van der Waals surface area contributed by atoms with Gasteiger partial charge in [0.15, 0.2) is 0 Å². The topological polar surface area (TPSA) is 46.2 Å². The van der Waals surface area contributed by atoms with E-state index in [1.54, 1.807) is 5.32 Å². The SMILES string of the molecule is O=C(Cl)CCCCCCCNC(=O)C(F)(F)F. The molecular weight excluding hydrogens is 259 g/mol. The van der Waals surface area contributed by atoms with Gasteiger partial charge < -0.3 is 5.32 Å². The number of rotatable bonds is 8. The number of amides is 1. The van der Waals surface area contributed by atoms with E-state index in [9.17, 15) is 22.8 Å². The van der Waals surface area contributed by atoms with Crippen molar-refractivity contribution in [2.24, 2.45) is 0 Å². The fourth-order valence-corrected chi connectivity index (χ4v) is 1.36. The second-order valence-electron chi connectivity index (χ2n) is 3.63. The summed E-state index contributed by atoms with van der Waals surface area (Å²) in [5.74, 6) is -1.90. The summed E-state index contributed by atoms with van der Waals surface area (Å²) in [7, 11) is 0. The molecule has 0 aromatic heterocycles. The molecule has 0 heterocycles. The summed E-state index contributed by atoms with van der Waals surface area (Å²) in [6, 6.07) is 0. The molecule has 17 heavy (non-hydrogen) atoms. The van der Waals surface area contributed by atoms with Crippen molar-refractivity contribution in [3.8, 4) is 0 Å². The molecule has 0 aromatic carbocycles. The third-order valence-corrected chi connectivity index (χ3v) is 2.28. The van der Waals surface area contributed by atoms with E-state index in [-0.39, 0.29) is 11.8 Å². The van der Waals surface area contributed by atoms with Crippen molar-refractivity contribution in [1.82, 2.24) is 5.32 Å². The Balaban J connectivity index is 3.30. The van der Waals surface area contributed by atoms with Gasteiger partial charge in [0.25, 0.3) is 0 Å². The van der Waals surface area contributed by atoms with Crippen molar-refractivity contribution in [2.45, 2.75) is 44.7 Å². The fourth-order valence-electron chi connectivity index (χ4n) is 1.22. The molecule has 0 radical (unpaired) electrons. The smallest absolute Gasteiger partial charge is 0.348 e. The fraction of sp³-hybridized carbons (Fsp3) is 0.800. The van der Waals surface area contributed by atoms with Gasteiger partial charge in [0.2, 0.25) is 5.24 Å². The number of carbonyl (C=O) groups is 2. The first-order chi connectivity index (χ1) is 7.84. The van der Waals surface area contributed by atoms with Crippen molar-refractivity contribution in [3.05, 3.63) is 0 Å². The van der Waals surface area contributed by atoms with Gasteiger partial charge in [-0.1, -0.05) is 19.3 Å². The number of nitrogens with one attached hydrogen (secondary N) is 1. The summed E-state index contributed by atoms with van der Waals surface area (Å²) in [4.78, 5) is 20.7. The number of unbranched alkanes of at least 4 members (excludes halogenated alkanes) is 4. The van der Waals surface area contributed by atoms with Crippen molar-refractivity contribution in [2.75, 3.05) is 6.54 Å². The van der Waals surface area contributed by atoms with E-state index in [2.05, 4.69) is 0 Å². The Hall–Kier alpha value is -0.780. The van der Waals surface area contributed by atoms with Gasteiger partial charge in [0, 0.05) is 13.0 Å². The van der Waals surface area contributed by atoms with Crippen LogP contribution in [0.2, 0.25) is 0 Å². The molecule has 0 aliphatic rings. The monoisotopic (exact) mass is 273 g/mol. The number of alkyl halides is 3. The molecule has 0 spiro atoms. The highest BCUT2D eigenvalue weighted by Gasteiger charge is 2.38. The lowest BCUT2D eigenvalue weighted by Crippen LogP contribution is -2.37. The van der Waals surface area contributed by atoms with Crippen molar-refractivity contribution < 1.29 is 22.8 Å². The molecular formula is C10H15ClF3NO2. The van der Waals surface area contributed by atoms with E-state index in [0.29, 0.717) is 25.7 Å². The Morgan fingerprint density at radius 3 is 2.06 bits per heavy atom. The molecule has 0 saturated heterocycles. The molecule has 100 valence electrons. The van der Waals surface area contributed by atoms with E-state index in [1.165, 1.54) is 0 Å². The predicted octanol–water partition coefficient (Wildman–Crippen LogP) is 2.77. The zero-order chi connectivity index (χ0) is 13.3. The van der Waals surface area contributed by atoms with Crippen LogP contribution in [0.4, 0.5) is 13.2 Å². The Morgan fingerprint density at radius 2 is 1.53 bits per heavy atom. The summed E-state index contributed by atoms with van der Waals surface area (Å²) in [5, 5.41) is 1.42. The largest absolute Gasteiger partial charge is 0.471 e. The Morgan fingerprint density at radius 1 is 1.00 bits per heavy atom. The molecule has 0 aliphatic carbocycles. The molecule has 0 aliphatic heterocycles. The van der Waals surface area contributed by atoms with Crippen LogP contribution in [0.1, 0.15) is 38.5 Å². The Kier molecular flexibility index (Phi) is 7.95. The molecule has 1 N–H and O–H groups in total. The van der Waals surface area contributed by atoms with Gasteiger partial charge in [-0.05, 0) is 24.4 Å². The second-order valence-corrected chi connectivity index (χ2v) is 4.05. The second kappa shape index (κ2) is 8.33. The Labute approximate surface area is 103 Å². The van der Waals surface area contributed by atoms with Gasteiger partial charge in [-0.15, -0.1) is 0 Å². The number of hydrogen-bond acceptors (Lipinski definition) is 2. The highest BCUT2D eigenvalue weighted by atomic mass is 35.5. The average Bonchev–Trinajstić information content (AvgIpc) is 2.19. The maximum absolute atomic E-state index is 11.7. The summed E-state index contributed by atoms with van der Waals surface area (Å²) < 4.78 is 35.2. The van der Waals surface area contributed by atoms with Gasteiger partial charge >= 0.3 is 12.1 Å². The molecule has 0 bridgehead atoms. The van der Waals surface area contributed by atoms with Crippen LogP contribution >= 0.6 is 11.6 Å². The molecule has 7 heteroatoms. The van der Waals surface area contributed by atoms with Crippen LogP contribution in [0.15, 0.2) is 0 Å². The van der Waals surface area contributed by atoms with E-state index >= 15 is 0 Å². The molecule has 0 rings (SSSR count). The van der Waals surface area contributed by atoms with Crippen LogP contribution in [-0.4, -0.2) is 23.9 Å². The minimum absolute atomic E-state index is 0.0206. The molecule has 0 aromatic rings. The van der Waals surface area contributed by atoms with Crippen LogP contribution in [0.25, 0.3) is 0 Å². The maximum Gasteiger partial charge on any atom is 0.471 e. The van der Waals surface area contributed by atoms with E-state index in [4.69, 9.17) is 11.6 Å². The third-order valence-electron chi connectivity index (χ3n) is 2.09. The normalized spacial score (nSPS) is 11.3. The first kappa shape index (κ1) is 16.2. The highest BCUT2D eigenvalue weighted by Crippen LogP contribution is 2.14. The van der Waals surface area contributed by atoms with Gasteiger partial charge in [0.05, 0.1) is 0 Å². The quantitative estimate of drug-likeness (QED) is 0.546. The molecule has 3 nitrogen and oxygen atoms in total. The van der Waals surface area contributed by atoms with E-state index < -0.39 is 12.1 Å². The number of halogens is 4. The van der Waals surface area contributed by atoms with Crippen LogP contribution in [0.3, 0.4) is 0 Å². The Bertz CT molecular complexity index is 256. The molecule has 0 atom stereocenters. The van der Waals surface area contributed by atoms with Crippen LogP contribution in [-0.2, 0) is 9.59 Å². The van der Waals surface area contributed by atoms with Gasteiger partial charge in [-0.2, -0.15) is 13.2 Å². The molecule has 0 fully saturated rings. The zero-order valence-corrected chi connectivity index (χ0v) is 10.0. The minimum atomic E-state index is -4.80.